The summed E-state index contributed by atoms with van der Waals surface area (Å²) in [6.45, 7) is 9.25. The molecule has 3 aliphatic carbocycles. The van der Waals surface area contributed by atoms with Crippen LogP contribution in [0.1, 0.15) is 66.5 Å². The third-order valence-electron chi connectivity index (χ3n) is 7.49. The molecule has 148 valence electrons. The molecule has 0 bridgehead atoms. The van der Waals surface area contributed by atoms with Crippen molar-refractivity contribution in [1.82, 2.24) is 0 Å². The molecule has 2 aromatic rings. The minimum atomic E-state index is 0.868. The molecule has 0 aliphatic heterocycles. The molecule has 0 saturated heterocycles. The van der Waals surface area contributed by atoms with Gasteiger partial charge in [0.15, 0.2) is 0 Å². The van der Waals surface area contributed by atoms with Crippen molar-refractivity contribution in [3.63, 3.8) is 0 Å². The van der Waals surface area contributed by atoms with Gasteiger partial charge in [0.05, 0.1) is 0 Å². The lowest BCUT2D eigenvalue weighted by Crippen LogP contribution is -2.06. The molecule has 29 heavy (non-hydrogen) atoms. The highest BCUT2D eigenvalue weighted by Crippen LogP contribution is 2.43. The normalized spacial score (nSPS) is 24.1. The van der Waals surface area contributed by atoms with Crippen LogP contribution < -0.4 is 0 Å². The zero-order valence-corrected chi connectivity index (χ0v) is 17.9. The Balaban J connectivity index is 1.48. The lowest BCUT2D eigenvalue weighted by atomic mass is 9.87. The summed E-state index contributed by atoms with van der Waals surface area (Å²) < 4.78 is 0. The molecular weight excluding hydrogens is 348 g/mol. The smallest absolute Gasteiger partial charge is 0.00106 e. The van der Waals surface area contributed by atoms with E-state index < -0.39 is 0 Å². The summed E-state index contributed by atoms with van der Waals surface area (Å²) in [5.74, 6) is 1.77. The van der Waals surface area contributed by atoms with Crippen LogP contribution in [-0.4, -0.2) is 0 Å². The number of hydrogen-bond acceptors (Lipinski definition) is 0. The van der Waals surface area contributed by atoms with Crippen molar-refractivity contribution < 1.29 is 0 Å². The highest BCUT2D eigenvalue weighted by atomic mass is 14.3. The number of allylic oxidation sites excluding steroid dienone is 5. The van der Waals surface area contributed by atoms with Crippen LogP contribution in [0.3, 0.4) is 0 Å². The Labute approximate surface area is 176 Å². The lowest BCUT2D eigenvalue weighted by molar-refractivity contribution is 0.510. The minimum absolute atomic E-state index is 0.868. The van der Waals surface area contributed by atoms with Gasteiger partial charge >= 0.3 is 0 Å². The van der Waals surface area contributed by atoms with Crippen LogP contribution in [0.4, 0.5) is 0 Å². The molecule has 1 saturated carbocycles. The Bertz CT molecular complexity index is 1030. The highest BCUT2D eigenvalue weighted by Gasteiger charge is 2.28. The second-order valence-electron chi connectivity index (χ2n) is 9.42. The quantitative estimate of drug-likeness (QED) is 0.519. The van der Waals surface area contributed by atoms with E-state index in [1.54, 1.807) is 16.7 Å². The predicted molar refractivity (Wildman–Crippen MR) is 125 cm³/mol. The average Bonchev–Trinajstić information content (AvgIpc) is 3.42. The van der Waals surface area contributed by atoms with Crippen molar-refractivity contribution in [2.45, 2.75) is 58.8 Å². The molecule has 1 fully saturated rings. The van der Waals surface area contributed by atoms with Crippen LogP contribution in [0.5, 0.6) is 0 Å². The van der Waals surface area contributed by atoms with E-state index in [0.29, 0.717) is 0 Å². The van der Waals surface area contributed by atoms with Crippen molar-refractivity contribution in [3.8, 4) is 0 Å². The van der Waals surface area contributed by atoms with E-state index in [-0.39, 0.29) is 0 Å². The van der Waals surface area contributed by atoms with E-state index >= 15 is 0 Å². The third kappa shape index (κ3) is 3.33. The van der Waals surface area contributed by atoms with Gasteiger partial charge in [-0.1, -0.05) is 75.4 Å². The Morgan fingerprint density at radius 2 is 1.93 bits per heavy atom. The van der Waals surface area contributed by atoms with Gasteiger partial charge in [-0.15, -0.1) is 0 Å². The molecule has 1 unspecified atom stereocenters. The van der Waals surface area contributed by atoms with E-state index in [9.17, 15) is 0 Å². The topological polar surface area (TPSA) is 0 Å². The largest absolute Gasteiger partial charge is 0.0909 e. The second-order valence-corrected chi connectivity index (χ2v) is 9.42. The molecule has 0 amide bonds. The van der Waals surface area contributed by atoms with Gasteiger partial charge in [-0.05, 0) is 100 Å². The zero-order chi connectivity index (χ0) is 20.0. The first-order chi connectivity index (χ1) is 14.1. The summed E-state index contributed by atoms with van der Waals surface area (Å²) in [5.41, 5.74) is 13.1. The fourth-order valence-electron chi connectivity index (χ4n) is 5.85. The van der Waals surface area contributed by atoms with Crippen molar-refractivity contribution in [2.75, 3.05) is 0 Å². The summed E-state index contributed by atoms with van der Waals surface area (Å²) in [5, 5.41) is 0. The van der Waals surface area contributed by atoms with Crippen LogP contribution >= 0.6 is 0 Å². The average molecular weight is 381 g/mol. The van der Waals surface area contributed by atoms with Gasteiger partial charge in [0, 0.05) is 0 Å². The first-order valence-corrected chi connectivity index (χ1v) is 11.5. The van der Waals surface area contributed by atoms with E-state index in [4.69, 9.17) is 0 Å². The van der Waals surface area contributed by atoms with Gasteiger partial charge in [-0.25, -0.2) is 0 Å². The molecular formula is C29H32. The van der Waals surface area contributed by atoms with E-state index in [2.05, 4.69) is 69.0 Å². The van der Waals surface area contributed by atoms with Crippen molar-refractivity contribution >= 4 is 11.1 Å². The summed E-state index contributed by atoms with van der Waals surface area (Å²) >= 11 is 0. The summed E-state index contributed by atoms with van der Waals surface area (Å²) in [6, 6.07) is 13.5. The second kappa shape index (κ2) is 7.48. The minimum Gasteiger partial charge on any atom is -0.0909 e. The first-order valence-electron chi connectivity index (χ1n) is 11.5. The standard InChI is InChI=1S/C29H32/c1-4-22-13-14-26-20(3)25(17-24-12-11-23-7-5-6-8-27(23)24)18-29(26)28(22)16-21-10-9-19(2)15-21/h5-8,12-14,17,19,21H,3-4,9-11,15-16,18H2,1-2H3/b25-17+/t19-,21?/m1/s1. The third-order valence-corrected chi connectivity index (χ3v) is 7.49. The summed E-state index contributed by atoms with van der Waals surface area (Å²) in [6.07, 6.45) is 13.5. The van der Waals surface area contributed by atoms with Gasteiger partial charge in [0.25, 0.3) is 0 Å². The summed E-state index contributed by atoms with van der Waals surface area (Å²) in [4.78, 5) is 0. The molecule has 3 aliphatic rings. The first kappa shape index (κ1) is 18.7. The number of hydrogen-bond donors (Lipinski definition) is 0. The van der Waals surface area contributed by atoms with Gasteiger partial charge in [0.1, 0.15) is 0 Å². The predicted octanol–water partition coefficient (Wildman–Crippen LogP) is 7.36. The molecule has 2 aromatic carbocycles. The van der Waals surface area contributed by atoms with Crippen LogP contribution in [0.15, 0.2) is 60.7 Å². The van der Waals surface area contributed by atoms with Gasteiger partial charge in [0.2, 0.25) is 0 Å². The Kier molecular flexibility index (Phi) is 4.82. The number of fused-ring (bicyclic) bond motifs is 2. The molecule has 0 heteroatoms. The fraction of sp³-hybridized carbons (Fsp3) is 0.379. The molecule has 0 spiro atoms. The van der Waals surface area contributed by atoms with E-state index in [0.717, 1.165) is 31.1 Å². The molecule has 0 N–H and O–H groups in total. The summed E-state index contributed by atoms with van der Waals surface area (Å²) in [7, 11) is 0. The van der Waals surface area contributed by atoms with Crippen LogP contribution in [-0.2, 0) is 25.7 Å². The van der Waals surface area contributed by atoms with Crippen LogP contribution in [0.2, 0.25) is 0 Å². The molecule has 5 rings (SSSR count). The molecule has 0 nitrogen and oxygen atoms in total. The maximum atomic E-state index is 4.52. The van der Waals surface area contributed by atoms with Crippen LogP contribution in [0, 0.1) is 11.8 Å². The number of aryl methyl sites for hydroxylation is 1. The molecule has 0 aromatic heterocycles. The van der Waals surface area contributed by atoms with Crippen molar-refractivity contribution in [1.29, 1.82) is 0 Å². The van der Waals surface area contributed by atoms with Crippen LogP contribution in [0.25, 0.3) is 11.1 Å². The van der Waals surface area contributed by atoms with Crippen molar-refractivity contribution in [2.24, 2.45) is 11.8 Å². The van der Waals surface area contributed by atoms with Gasteiger partial charge < -0.3 is 0 Å². The molecule has 2 atom stereocenters. The van der Waals surface area contributed by atoms with E-state index in [1.807, 2.05) is 0 Å². The monoisotopic (exact) mass is 380 g/mol. The zero-order valence-electron chi connectivity index (χ0n) is 17.9. The molecule has 0 radical (unpaired) electrons. The maximum Gasteiger partial charge on any atom is -0.00106 e. The lowest BCUT2D eigenvalue weighted by Gasteiger charge is -2.17. The van der Waals surface area contributed by atoms with Crippen molar-refractivity contribution in [3.05, 3.63) is 94.1 Å². The maximum absolute atomic E-state index is 4.52. The Hall–Kier alpha value is -2.34. The van der Waals surface area contributed by atoms with Gasteiger partial charge in [-0.2, -0.15) is 0 Å². The fourth-order valence-corrected chi connectivity index (χ4v) is 5.85. The Morgan fingerprint density at radius 1 is 1.07 bits per heavy atom. The Morgan fingerprint density at radius 3 is 2.72 bits per heavy atom. The number of benzene rings is 2. The van der Waals surface area contributed by atoms with E-state index in [1.165, 1.54) is 59.1 Å². The SMILES string of the molecule is C=C1/C(=C/C2=CCc3ccccc32)Cc2c1ccc(CC)c2CC1CC[C@@H](C)C1. The number of rotatable bonds is 4. The van der Waals surface area contributed by atoms with Gasteiger partial charge in [-0.3, -0.25) is 0 Å². The highest BCUT2D eigenvalue weighted by molar-refractivity contribution is 5.91. The molecule has 0 heterocycles.